The van der Waals surface area contributed by atoms with Gasteiger partial charge in [0.1, 0.15) is 11.6 Å². The van der Waals surface area contributed by atoms with Gasteiger partial charge in [-0.25, -0.2) is 9.97 Å². The lowest BCUT2D eigenvalue weighted by Gasteiger charge is -2.24. The summed E-state index contributed by atoms with van der Waals surface area (Å²) >= 11 is 1.53. The minimum atomic E-state index is 0.101. The summed E-state index contributed by atoms with van der Waals surface area (Å²) in [6.45, 7) is 8.54. The summed E-state index contributed by atoms with van der Waals surface area (Å²) in [5, 5.41) is 10.7. The van der Waals surface area contributed by atoms with Gasteiger partial charge in [0.25, 0.3) is 0 Å². The summed E-state index contributed by atoms with van der Waals surface area (Å²) in [5.74, 6) is 0.800. The molecule has 2 aromatic rings. The first kappa shape index (κ1) is 19.7. The van der Waals surface area contributed by atoms with Gasteiger partial charge in [-0.05, 0) is 30.1 Å². The van der Waals surface area contributed by atoms with Crippen molar-refractivity contribution in [1.82, 2.24) is 9.97 Å². The largest absolute Gasteiger partial charge is 0.355 e. The smallest absolute Gasteiger partial charge is 0.189 e. The van der Waals surface area contributed by atoms with Gasteiger partial charge in [-0.3, -0.25) is 0 Å². The maximum Gasteiger partial charge on any atom is 0.189 e. The lowest BCUT2D eigenvalue weighted by molar-refractivity contribution is 0.590. The van der Waals surface area contributed by atoms with E-state index in [0.717, 1.165) is 48.2 Å². The quantitative estimate of drug-likeness (QED) is 0.526. The van der Waals surface area contributed by atoms with Crippen molar-refractivity contribution in [2.75, 3.05) is 24.2 Å². The number of anilines is 1. The standard InChI is InChI=1S/C22H28N4S/c1-22(2,3)17-11-9-16(10-12-17)19-18(15-23)20(25-21(24-19)27-4)26-13-7-5-6-8-14-26/h9-12H,5-8,13-14H2,1-4H3. The first-order valence-corrected chi connectivity index (χ1v) is 10.9. The van der Waals surface area contributed by atoms with E-state index in [0.29, 0.717) is 5.56 Å². The number of thioether (sulfide) groups is 1. The van der Waals surface area contributed by atoms with Crippen molar-refractivity contribution in [3.63, 3.8) is 0 Å². The Balaban J connectivity index is 2.09. The molecule has 1 saturated heterocycles. The van der Waals surface area contributed by atoms with E-state index in [1.165, 1.54) is 30.2 Å². The zero-order valence-electron chi connectivity index (χ0n) is 16.7. The van der Waals surface area contributed by atoms with Crippen LogP contribution in [0.4, 0.5) is 5.82 Å². The normalized spacial score (nSPS) is 15.3. The van der Waals surface area contributed by atoms with Crippen LogP contribution in [-0.2, 0) is 5.41 Å². The van der Waals surface area contributed by atoms with Crippen LogP contribution < -0.4 is 4.90 Å². The summed E-state index contributed by atoms with van der Waals surface area (Å²) in [5.41, 5.74) is 3.70. The molecule has 0 atom stereocenters. The minimum absolute atomic E-state index is 0.101. The SMILES string of the molecule is CSc1nc(-c2ccc(C(C)(C)C)cc2)c(C#N)c(N2CCCCCC2)n1. The highest BCUT2D eigenvalue weighted by Crippen LogP contribution is 2.32. The molecule has 0 amide bonds. The van der Waals surface area contributed by atoms with Crippen LogP contribution in [0.25, 0.3) is 11.3 Å². The van der Waals surface area contributed by atoms with Crippen molar-refractivity contribution in [1.29, 1.82) is 5.26 Å². The third-order valence-electron chi connectivity index (χ3n) is 5.09. The number of aromatic nitrogens is 2. The summed E-state index contributed by atoms with van der Waals surface area (Å²) in [6.07, 6.45) is 6.79. The van der Waals surface area contributed by atoms with Crippen LogP contribution in [-0.4, -0.2) is 29.3 Å². The molecule has 142 valence electrons. The van der Waals surface area contributed by atoms with Gasteiger partial charge >= 0.3 is 0 Å². The molecular weight excluding hydrogens is 352 g/mol. The number of nitrogens with zero attached hydrogens (tertiary/aromatic N) is 4. The van der Waals surface area contributed by atoms with Crippen LogP contribution in [0.5, 0.6) is 0 Å². The van der Waals surface area contributed by atoms with Gasteiger partial charge < -0.3 is 4.90 Å². The highest BCUT2D eigenvalue weighted by molar-refractivity contribution is 7.98. The van der Waals surface area contributed by atoms with Gasteiger partial charge in [0.15, 0.2) is 11.0 Å². The van der Waals surface area contributed by atoms with E-state index in [1.54, 1.807) is 0 Å². The molecule has 4 nitrogen and oxygen atoms in total. The van der Waals surface area contributed by atoms with Gasteiger partial charge in [0.2, 0.25) is 0 Å². The van der Waals surface area contributed by atoms with E-state index in [4.69, 9.17) is 9.97 Å². The second-order valence-electron chi connectivity index (χ2n) is 8.10. The van der Waals surface area contributed by atoms with E-state index in [2.05, 4.69) is 56.0 Å². The van der Waals surface area contributed by atoms with Crippen LogP contribution in [0.2, 0.25) is 0 Å². The van der Waals surface area contributed by atoms with Gasteiger partial charge in [0.05, 0.1) is 5.69 Å². The first-order chi connectivity index (χ1) is 12.9. The molecule has 27 heavy (non-hydrogen) atoms. The molecule has 3 rings (SSSR count). The molecule has 0 saturated carbocycles. The number of hydrogen-bond donors (Lipinski definition) is 0. The molecule has 0 bridgehead atoms. The third kappa shape index (κ3) is 4.44. The van der Waals surface area contributed by atoms with Crippen LogP contribution in [0, 0.1) is 11.3 Å². The van der Waals surface area contributed by atoms with E-state index in [1.807, 2.05) is 6.26 Å². The summed E-state index contributed by atoms with van der Waals surface area (Å²) < 4.78 is 0. The fraction of sp³-hybridized carbons (Fsp3) is 0.500. The number of benzene rings is 1. The summed E-state index contributed by atoms with van der Waals surface area (Å²) in [7, 11) is 0. The molecule has 1 fully saturated rings. The van der Waals surface area contributed by atoms with E-state index >= 15 is 0 Å². The number of rotatable bonds is 3. The topological polar surface area (TPSA) is 52.8 Å². The Kier molecular flexibility index (Phi) is 6.06. The average Bonchev–Trinajstić information content (AvgIpc) is 2.95. The maximum absolute atomic E-state index is 9.95. The Morgan fingerprint density at radius 2 is 1.63 bits per heavy atom. The molecule has 1 aliphatic heterocycles. The van der Waals surface area contributed by atoms with Gasteiger partial charge in [-0.15, -0.1) is 0 Å². The van der Waals surface area contributed by atoms with Gasteiger partial charge in [-0.1, -0.05) is 69.6 Å². The van der Waals surface area contributed by atoms with Crippen LogP contribution >= 0.6 is 11.8 Å². The van der Waals surface area contributed by atoms with Crippen LogP contribution in [0.3, 0.4) is 0 Å². The Hall–Kier alpha value is -2.06. The molecule has 0 aliphatic carbocycles. The van der Waals surface area contributed by atoms with Crippen molar-refractivity contribution in [3.05, 3.63) is 35.4 Å². The zero-order chi connectivity index (χ0) is 19.4. The second kappa shape index (κ2) is 8.31. The molecule has 0 unspecified atom stereocenters. The fourth-order valence-electron chi connectivity index (χ4n) is 3.47. The molecule has 0 N–H and O–H groups in total. The Morgan fingerprint density at radius 1 is 1.00 bits per heavy atom. The van der Waals surface area contributed by atoms with E-state index in [-0.39, 0.29) is 5.41 Å². The zero-order valence-corrected chi connectivity index (χ0v) is 17.6. The first-order valence-electron chi connectivity index (χ1n) is 9.66. The molecule has 2 heterocycles. The fourth-order valence-corrected chi connectivity index (χ4v) is 3.83. The Bertz CT molecular complexity index is 823. The number of hydrogen-bond acceptors (Lipinski definition) is 5. The average molecular weight is 381 g/mol. The molecule has 0 radical (unpaired) electrons. The highest BCUT2D eigenvalue weighted by Gasteiger charge is 2.22. The predicted octanol–water partition coefficient (Wildman–Crippen LogP) is 5.42. The van der Waals surface area contributed by atoms with Crippen LogP contribution in [0.15, 0.2) is 29.4 Å². The van der Waals surface area contributed by atoms with Crippen molar-refractivity contribution in [3.8, 4) is 17.3 Å². The summed E-state index contributed by atoms with van der Waals surface area (Å²) in [6, 6.07) is 10.9. The highest BCUT2D eigenvalue weighted by atomic mass is 32.2. The predicted molar refractivity (Wildman–Crippen MR) is 113 cm³/mol. The summed E-state index contributed by atoms with van der Waals surface area (Å²) in [4.78, 5) is 11.7. The van der Waals surface area contributed by atoms with Crippen molar-refractivity contribution in [2.24, 2.45) is 0 Å². The van der Waals surface area contributed by atoms with Crippen LogP contribution in [0.1, 0.15) is 57.6 Å². The number of nitriles is 1. The van der Waals surface area contributed by atoms with Crippen molar-refractivity contribution >= 4 is 17.6 Å². The molecular formula is C22H28N4S. The van der Waals surface area contributed by atoms with E-state index in [9.17, 15) is 5.26 Å². The van der Waals surface area contributed by atoms with Gasteiger partial charge in [-0.2, -0.15) is 5.26 Å². The Labute approximate surface area is 167 Å². The molecule has 1 aromatic carbocycles. The van der Waals surface area contributed by atoms with Crippen molar-refractivity contribution in [2.45, 2.75) is 57.0 Å². The third-order valence-corrected chi connectivity index (χ3v) is 5.64. The minimum Gasteiger partial charge on any atom is -0.355 e. The monoisotopic (exact) mass is 380 g/mol. The van der Waals surface area contributed by atoms with Gasteiger partial charge in [0, 0.05) is 18.7 Å². The molecule has 1 aliphatic rings. The van der Waals surface area contributed by atoms with E-state index < -0.39 is 0 Å². The lowest BCUT2D eigenvalue weighted by Crippen LogP contribution is -2.26. The molecule has 0 spiro atoms. The maximum atomic E-state index is 9.95. The lowest BCUT2D eigenvalue weighted by atomic mass is 9.86. The second-order valence-corrected chi connectivity index (χ2v) is 8.87. The Morgan fingerprint density at radius 3 is 2.15 bits per heavy atom. The molecule has 1 aromatic heterocycles. The molecule has 5 heteroatoms. The van der Waals surface area contributed by atoms with Crippen molar-refractivity contribution < 1.29 is 0 Å².